The smallest absolute Gasteiger partial charge is 0.234 e. The number of carbonyl (C=O) groups is 1. The van der Waals surface area contributed by atoms with Crippen LogP contribution in [0.2, 0.25) is 5.02 Å². The lowest BCUT2D eigenvalue weighted by atomic mass is 10.2. The van der Waals surface area contributed by atoms with Crippen molar-refractivity contribution >= 4 is 35.0 Å². The normalized spacial score (nSPS) is 10.7. The number of aromatic nitrogens is 3. The van der Waals surface area contributed by atoms with Crippen LogP contribution in [0.4, 0.5) is 10.1 Å². The molecule has 168 valence electrons. The Labute approximate surface area is 195 Å². The number of halogens is 2. The van der Waals surface area contributed by atoms with Gasteiger partial charge >= 0.3 is 0 Å². The number of allylic oxidation sites excluding steroid dienone is 1. The van der Waals surface area contributed by atoms with Gasteiger partial charge in [0.2, 0.25) is 5.91 Å². The van der Waals surface area contributed by atoms with E-state index in [9.17, 15) is 9.18 Å². The number of hydrogen-bond donors (Lipinski definition) is 1. The van der Waals surface area contributed by atoms with Crippen molar-refractivity contribution in [2.24, 2.45) is 0 Å². The van der Waals surface area contributed by atoms with Gasteiger partial charge in [-0.15, -0.1) is 16.8 Å². The summed E-state index contributed by atoms with van der Waals surface area (Å²) in [5, 5.41) is 12.6. The average molecular weight is 475 g/mol. The topological polar surface area (TPSA) is 69.0 Å². The highest BCUT2D eigenvalue weighted by atomic mass is 35.5. The van der Waals surface area contributed by atoms with Crippen molar-refractivity contribution in [3.05, 3.63) is 77.3 Å². The van der Waals surface area contributed by atoms with E-state index < -0.39 is 0 Å². The molecule has 0 aliphatic carbocycles. The molecular formula is C23H24ClFN4O2S. The maximum absolute atomic E-state index is 13.0. The van der Waals surface area contributed by atoms with Crippen LogP contribution in [0, 0.1) is 12.7 Å². The first-order chi connectivity index (χ1) is 15.5. The van der Waals surface area contributed by atoms with Crippen molar-refractivity contribution in [3.63, 3.8) is 0 Å². The van der Waals surface area contributed by atoms with Crippen LogP contribution in [0.3, 0.4) is 0 Å². The monoisotopic (exact) mass is 474 g/mol. The summed E-state index contributed by atoms with van der Waals surface area (Å²) in [4.78, 5) is 12.2. The molecule has 0 atom stereocenters. The lowest BCUT2D eigenvalue weighted by molar-refractivity contribution is -0.113. The third-order valence-electron chi connectivity index (χ3n) is 4.50. The number of rotatable bonds is 11. The molecule has 0 spiro atoms. The SMILES string of the molecule is C=CCn1c(CCCOc2ccc(Cl)cc2C)nnc1SCC(=O)Nc1ccc(F)cc1. The van der Waals surface area contributed by atoms with Crippen LogP contribution in [0.25, 0.3) is 0 Å². The molecule has 1 heterocycles. The molecule has 0 bridgehead atoms. The van der Waals surface area contributed by atoms with Gasteiger partial charge in [-0.1, -0.05) is 29.4 Å². The number of thioether (sulfide) groups is 1. The molecule has 6 nitrogen and oxygen atoms in total. The van der Waals surface area contributed by atoms with Crippen LogP contribution in [0.1, 0.15) is 17.8 Å². The summed E-state index contributed by atoms with van der Waals surface area (Å²) in [6.45, 7) is 6.83. The fourth-order valence-electron chi connectivity index (χ4n) is 2.97. The van der Waals surface area contributed by atoms with Crippen LogP contribution in [0.5, 0.6) is 5.75 Å². The van der Waals surface area contributed by atoms with E-state index in [0.717, 1.165) is 23.6 Å². The summed E-state index contributed by atoms with van der Waals surface area (Å²) < 4.78 is 20.8. The fraction of sp³-hybridized carbons (Fsp3) is 0.261. The molecule has 0 fully saturated rings. The number of anilines is 1. The minimum atomic E-state index is -0.351. The largest absolute Gasteiger partial charge is 0.493 e. The zero-order valence-electron chi connectivity index (χ0n) is 17.7. The van der Waals surface area contributed by atoms with E-state index in [-0.39, 0.29) is 17.5 Å². The third-order valence-corrected chi connectivity index (χ3v) is 5.71. The minimum absolute atomic E-state index is 0.158. The molecule has 1 N–H and O–H groups in total. The van der Waals surface area contributed by atoms with Crippen molar-refractivity contribution < 1.29 is 13.9 Å². The Morgan fingerprint density at radius 2 is 2.06 bits per heavy atom. The van der Waals surface area contributed by atoms with Gasteiger partial charge in [-0.2, -0.15) is 0 Å². The van der Waals surface area contributed by atoms with Crippen molar-refractivity contribution in [1.82, 2.24) is 14.8 Å². The van der Waals surface area contributed by atoms with Crippen molar-refractivity contribution in [2.75, 3.05) is 17.7 Å². The highest BCUT2D eigenvalue weighted by Gasteiger charge is 2.14. The minimum Gasteiger partial charge on any atom is -0.493 e. The molecule has 0 radical (unpaired) electrons. The standard InChI is InChI=1S/C23H24ClFN4O2S/c1-3-12-29-21(5-4-13-31-20-11-6-17(24)14-16(20)2)27-28-23(29)32-15-22(30)26-19-9-7-18(25)8-10-19/h3,6-11,14H,1,4-5,12-13,15H2,2H3,(H,26,30). The number of aryl methyl sites for hydroxylation is 2. The molecule has 1 aromatic heterocycles. The molecule has 0 saturated heterocycles. The molecule has 9 heteroatoms. The Hall–Kier alpha value is -2.84. The number of ether oxygens (including phenoxy) is 1. The van der Waals surface area contributed by atoms with E-state index in [1.807, 2.05) is 23.6 Å². The Kier molecular flexibility index (Phi) is 8.70. The molecular weight excluding hydrogens is 451 g/mol. The molecule has 0 unspecified atom stereocenters. The first-order valence-electron chi connectivity index (χ1n) is 10.1. The second kappa shape index (κ2) is 11.7. The first-order valence-corrected chi connectivity index (χ1v) is 11.4. The second-order valence-electron chi connectivity index (χ2n) is 7.00. The second-order valence-corrected chi connectivity index (χ2v) is 8.38. The lowest BCUT2D eigenvalue weighted by Crippen LogP contribution is -2.15. The molecule has 0 saturated carbocycles. The summed E-state index contributed by atoms with van der Waals surface area (Å²) in [7, 11) is 0. The summed E-state index contributed by atoms with van der Waals surface area (Å²) in [6, 6.07) is 11.2. The van der Waals surface area contributed by atoms with Gasteiger partial charge < -0.3 is 14.6 Å². The maximum atomic E-state index is 13.0. The molecule has 0 aliphatic rings. The summed E-state index contributed by atoms with van der Waals surface area (Å²) in [5.41, 5.74) is 1.53. The molecule has 3 aromatic rings. The Bertz CT molecular complexity index is 1070. The van der Waals surface area contributed by atoms with Gasteiger partial charge in [0.15, 0.2) is 5.16 Å². The Morgan fingerprint density at radius 1 is 1.28 bits per heavy atom. The van der Waals surface area contributed by atoms with Crippen molar-refractivity contribution in [1.29, 1.82) is 0 Å². The number of amides is 1. The first kappa shape index (κ1) is 23.8. The average Bonchev–Trinajstić information content (AvgIpc) is 3.14. The predicted molar refractivity (Wildman–Crippen MR) is 126 cm³/mol. The van der Waals surface area contributed by atoms with Crippen molar-refractivity contribution in [3.8, 4) is 5.75 Å². The van der Waals surface area contributed by atoms with Crippen LogP contribution in [-0.4, -0.2) is 33.0 Å². The number of nitrogens with zero attached hydrogens (tertiary/aromatic N) is 3. The molecule has 3 rings (SSSR count). The zero-order chi connectivity index (χ0) is 22.9. The van der Waals surface area contributed by atoms with E-state index in [1.165, 1.54) is 36.0 Å². The van der Waals surface area contributed by atoms with Crippen LogP contribution < -0.4 is 10.1 Å². The quantitative estimate of drug-likeness (QED) is 0.232. The van der Waals surface area contributed by atoms with Crippen LogP contribution >= 0.6 is 23.4 Å². The van der Waals surface area contributed by atoms with Gasteiger partial charge in [0.1, 0.15) is 17.4 Å². The lowest BCUT2D eigenvalue weighted by Gasteiger charge is -2.10. The molecule has 0 aliphatic heterocycles. The molecule has 1 amide bonds. The highest BCUT2D eigenvalue weighted by molar-refractivity contribution is 7.99. The third kappa shape index (κ3) is 6.83. The summed E-state index contributed by atoms with van der Waals surface area (Å²) >= 11 is 7.27. The van der Waals surface area contributed by atoms with Crippen molar-refractivity contribution in [2.45, 2.75) is 31.5 Å². The maximum Gasteiger partial charge on any atom is 0.234 e. The van der Waals surface area contributed by atoms with E-state index in [1.54, 1.807) is 12.1 Å². The van der Waals surface area contributed by atoms with Gasteiger partial charge in [-0.25, -0.2) is 4.39 Å². The highest BCUT2D eigenvalue weighted by Crippen LogP contribution is 2.22. The number of hydrogen-bond acceptors (Lipinski definition) is 5. The van der Waals surface area contributed by atoms with Gasteiger partial charge in [0.25, 0.3) is 0 Å². The Balaban J connectivity index is 1.52. The van der Waals surface area contributed by atoms with E-state index in [2.05, 4.69) is 22.1 Å². The van der Waals surface area contributed by atoms with Gasteiger partial charge in [0, 0.05) is 23.7 Å². The van der Waals surface area contributed by atoms with Gasteiger partial charge in [-0.3, -0.25) is 4.79 Å². The van der Waals surface area contributed by atoms with E-state index in [4.69, 9.17) is 16.3 Å². The Morgan fingerprint density at radius 3 is 2.78 bits per heavy atom. The predicted octanol–water partition coefficient (Wildman–Crippen LogP) is 5.31. The van der Waals surface area contributed by atoms with Crippen LogP contribution in [0.15, 0.2) is 60.3 Å². The number of benzene rings is 2. The van der Waals surface area contributed by atoms with E-state index in [0.29, 0.717) is 35.4 Å². The number of nitrogens with one attached hydrogen (secondary N) is 1. The summed E-state index contributed by atoms with van der Waals surface area (Å²) in [5.74, 6) is 1.22. The van der Waals surface area contributed by atoms with Gasteiger partial charge in [-0.05, 0) is 61.4 Å². The summed E-state index contributed by atoms with van der Waals surface area (Å²) in [6.07, 6.45) is 3.20. The van der Waals surface area contributed by atoms with E-state index >= 15 is 0 Å². The molecule has 2 aromatic carbocycles. The van der Waals surface area contributed by atoms with Crippen LogP contribution in [-0.2, 0) is 17.8 Å². The molecule has 32 heavy (non-hydrogen) atoms. The zero-order valence-corrected chi connectivity index (χ0v) is 19.3. The number of carbonyl (C=O) groups excluding carboxylic acids is 1. The fourth-order valence-corrected chi connectivity index (χ4v) is 3.96. The van der Waals surface area contributed by atoms with Gasteiger partial charge in [0.05, 0.1) is 12.4 Å².